The Hall–Kier alpha value is 0. The molecule has 0 N–H and O–H groups in total. The molecular formula is C12H26. The van der Waals surface area contributed by atoms with Gasteiger partial charge in [-0.05, 0) is 17.3 Å². The minimum Gasteiger partial charge on any atom is -0.0651 e. The average molecular weight is 170 g/mol. The van der Waals surface area contributed by atoms with E-state index in [9.17, 15) is 0 Å². The third kappa shape index (κ3) is 2.50. The zero-order chi connectivity index (χ0) is 9.78. The van der Waals surface area contributed by atoms with Gasteiger partial charge in [0, 0.05) is 0 Å². The maximum absolute atomic E-state index is 2.43. The quantitative estimate of drug-likeness (QED) is 0.570. The first kappa shape index (κ1) is 12.0. The summed E-state index contributed by atoms with van der Waals surface area (Å²) in [6.07, 6.45) is 3.96. The molecule has 0 bridgehead atoms. The second kappa shape index (κ2) is 4.89. The highest BCUT2D eigenvalue weighted by atomic mass is 14.4. The van der Waals surface area contributed by atoms with Crippen LogP contribution in [0.25, 0.3) is 0 Å². The van der Waals surface area contributed by atoms with Crippen LogP contribution >= 0.6 is 0 Å². The summed E-state index contributed by atoms with van der Waals surface area (Å²) < 4.78 is 0. The van der Waals surface area contributed by atoms with Crippen LogP contribution in [0, 0.1) is 17.3 Å². The molecular weight excluding hydrogens is 144 g/mol. The third-order valence-electron chi connectivity index (χ3n) is 3.92. The molecule has 0 nitrogen and oxygen atoms in total. The van der Waals surface area contributed by atoms with E-state index in [2.05, 4.69) is 41.5 Å². The van der Waals surface area contributed by atoms with Gasteiger partial charge in [-0.3, -0.25) is 0 Å². The van der Waals surface area contributed by atoms with Crippen LogP contribution in [-0.2, 0) is 0 Å². The standard InChI is InChI=1S/C12H26/c1-7-10(4)12(5,6)11(8-2)9-3/h10-11H,7-9H2,1-6H3/t10-/m0/s1. The zero-order valence-electron chi connectivity index (χ0n) is 9.78. The molecule has 12 heavy (non-hydrogen) atoms. The molecule has 0 aromatic heterocycles. The van der Waals surface area contributed by atoms with Crippen LogP contribution in [0.4, 0.5) is 0 Å². The summed E-state index contributed by atoms with van der Waals surface area (Å²) in [4.78, 5) is 0. The summed E-state index contributed by atoms with van der Waals surface area (Å²) in [7, 11) is 0. The van der Waals surface area contributed by atoms with Gasteiger partial charge in [-0.25, -0.2) is 0 Å². The Morgan fingerprint density at radius 3 is 1.58 bits per heavy atom. The SMILES string of the molecule is CCC(CC)C(C)(C)[C@@H](C)CC. The van der Waals surface area contributed by atoms with Crippen LogP contribution in [0.2, 0.25) is 0 Å². The van der Waals surface area contributed by atoms with Crippen LogP contribution in [0.1, 0.15) is 60.8 Å². The van der Waals surface area contributed by atoms with Crippen LogP contribution in [0.5, 0.6) is 0 Å². The molecule has 0 heteroatoms. The maximum atomic E-state index is 2.43. The molecule has 0 unspecified atom stereocenters. The van der Waals surface area contributed by atoms with Gasteiger partial charge in [0.1, 0.15) is 0 Å². The van der Waals surface area contributed by atoms with Crippen molar-refractivity contribution in [3.8, 4) is 0 Å². The number of rotatable bonds is 5. The highest BCUT2D eigenvalue weighted by molar-refractivity contribution is 4.80. The van der Waals surface area contributed by atoms with Crippen LogP contribution in [0.15, 0.2) is 0 Å². The molecule has 0 radical (unpaired) electrons. The molecule has 0 aliphatic carbocycles. The van der Waals surface area contributed by atoms with E-state index in [1.807, 2.05) is 0 Å². The predicted octanol–water partition coefficient (Wildman–Crippen LogP) is 4.49. The molecule has 0 aromatic carbocycles. The van der Waals surface area contributed by atoms with Crippen LogP contribution in [-0.4, -0.2) is 0 Å². The molecule has 0 spiro atoms. The van der Waals surface area contributed by atoms with Crippen molar-refractivity contribution in [3.05, 3.63) is 0 Å². The van der Waals surface area contributed by atoms with Gasteiger partial charge < -0.3 is 0 Å². The van der Waals surface area contributed by atoms with Gasteiger partial charge >= 0.3 is 0 Å². The minimum atomic E-state index is 0.526. The van der Waals surface area contributed by atoms with Gasteiger partial charge in [-0.1, -0.05) is 60.8 Å². The second-order valence-corrected chi connectivity index (χ2v) is 4.64. The largest absolute Gasteiger partial charge is 0.0651 e. The minimum absolute atomic E-state index is 0.526. The Morgan fingerprint density at radius 2 is 1.33 bits per heavy atom. The smallest absolute Gasteiger partial charge is 0.0301 e. The van der Waals surface area contributed by atoms with Gasteiger partial charge in [-0.15, -0.1) is 0 Å². The molecule has 0 saturated heterocycles. The summed E-state index contributed by atoms with van der Waals surface area (Å²) >= 11 is 0. The van der Waals surface area contributed by atoms with Crippen molar-refractivity contribution in [3.63, 3.8) is 0 Å². The fourth-order valence-electron chi connectivity index (χ4n) is 2.27. The monoisotopic (exact) mass is 170 g/mol. The Bertz CT molecular complexity index is 109. The lowest BCUT2D eigenvalue weighted by atomic mass is 9.67. The van der Waals surface area contributed by atoms with E-state index in [1.165, 1.54) is 19.3 Å². The Kier molecular flexibility index (Phi) is 4.89. The van der Waals surface area contributed by atoms with Crippen molar-refractivity contribution in [2.45, 2.75) is 60.8 Å². The molecule has 0 amide bonds. The predicted molar refractivity (Wildman–Crippen MR) is 57.3 cm³/mol. The molecule has 0 rings (SSSR count). The fourth-order valence-corrected chi connectivity index (χ4v) is 2.27. The van der Waals surface area contributed by atoms with E-state index >= 15 is 0 Å². The van der Waals surface area contributed by atoms with Crippen LogP contribution in [0.3, 0.4) is 0 Å². The average Bonchev–Trinajstić information content (AvgIpc) is 2.04. The molecule has 0 aliphatic rings. The van der Waals surface area contributed by atoms with Crippen molar-refractivity contribution in [1.82, 2.24) is 0 Å². The molecule has 1 atom stereocenters. The van der Waals surface area contributed by atoms with E-state index in [0.29, 0.717) is 5.41 Å². The van der Waals surface area contributed by atoms with Gasteiger partial charge in [0.25, 0.3) is 0 Å². The number of hydrogen-bond donors (Lipinski definition) is 0. The van der Waals surface area contributed by atoms with Gasteiger partial charge in [0.15, 0.2) is 0 Å². The Labute approximate surface area is 78.8 Å². The van der Waals surface area contributed by atoms with Crippen molar-refractivity contribution in [2.24, 2.45) is 17.3 Å². The highest BCUT2D eigenvalue weighted by Gasteiger charge is 2.31. The topological polar surface area (TPSA) is 0 Å². The first-order valence-corrected chi connectivity index (χ1v) is 5.50. The lowest BCUT2D eigenvalue weighted by Gasteiger charge is -2.38. The normalized spacial score (nSPS) is 15.2. The van der Waals surface area contributed by atoms with Crippen molar-refractivity contribution in [2.75, 3.05) is 0 Å². The molecule has 0 aliphatic heterocycles. The van der Waals surface area contributed by atoms with Gasteiger partial charge in [-0.2, -0.15) is 0 Å². The molecule has 0 aromatic rings. The fraction of sp³-hybridized carbons (Fsp3) is 1.00. The van der Waals surface area contributed by atoms with Crippen molar-refractivity contribution in [1.29, 1.82) is 0 Å². The Morgan fingerprint density at radius 1 is 0.917 bits per heavy atom. The first-order valence-electron chi connectivity index (χ1n) is 5.50. The summed E-state index contributed by atoms with van der Waals surface area (Å²) in [5, 5.41) is 0. The molecule has 0 fully saturated rings. The maximum Gasteiger partial charge on any atom is -0.0301 e. The van der Waals surface area contributed by atoms with Crippen molar-refractivity contribution < 1.29 is 0 Å². The molecule has 0 saturated carbocycles. The van der Waals surface area contributed by atoms with E-state index in [1.54, 1.807) is 0 Å². The first-order chi connectivity index (χ1) is 5.50. The van der Waals surface area contributed by atoms with Crippen molar-refractivity contribution >= 4 is 0 Å². The summed E-state index contributed by atoms with van der Waals surface area (Å²) in [5.41, 5.74) is 0.526. The van der Waals surface area contributed by atoms with E-state index in [-0.39, 0.29) is 0 Å². The lowest BCUT2D eigenvalue weighted by Crippen LogP contribution is -2.30. The summed E-state index contributed by atoms with van der Waals surface area (Å²) in [5.74, 6) is 1.75. The zero-order valence-corrected chi connectivity index (χ0v) is 9.78. The third-order valence-corrected chi connectivity index (χ3v) is 3.92. The summed E-state index contributed by atoms with van der Waals surface area (Å²) in [6.45, 7) is 14.2. The van der Waals surface area contributed by atoms with Gasteiger partial charge in [0.05, 0.1) is 0 Å². The van der Waals surface area contributed by atoms with E-state index < -0.39 is 0 Å². The number of hydrogen-bond acceptors (Lipinski definition) is 0. The molecule has 0 heterocycles. The van der Waals surface area contributed by atoms with Crippen LogP contribution < -0.4 is 0 Å². The van der Waals surface area contributed by atoms with E-state index in [4.69, 9.17) is 0 Å². The lowest BCUT2D eigenvalue weighted by molar-refractivity contribution is 0.114. The Balaban J connectivity index is 4.33. The molecule has 74 valence electrons. The highest BCUT2D eigenvalue weighted by Crippen LogP contribution is 2.40. The van der Waals surface area contributed by atoms with E-state index in [0.717, 1.165) is 11.8 Å². The second-order valence-electron chi connectivity index (χ2n) is 4.64. The van der Waals surface area contributed by atoms with Gasteiger partial charge in [0.2, 0.25) is 0 Å². The summed E-state index contributed by atoms with van der Waals surface area (Å²) in [6, 6.07) is 0.